The van der Waals surface area contributed by atoms with Crippen LogP contribution in [0.5, 0.6) is 0 Å². The predicted octanol–water partition coefficient (Wildman–Crippen LogP) is 5.04. The number of nitrogen functional groups attached to an aromatic ring is 1. The standard InChI is InChI=1S/C26H22BrFN4O3S/c1-2-18(16-8-7-15-11-12-31-25(29)20(15)13-16)24(28)26(33)32-22-10-9-17(14-21(22)27)19-5-3-4-6-23(19)36(30,34)35/h3-14H,2H2,1H3,(H2,29,31)(H,32,33)(H2,30,34,35)/p+1. The summed E-state index contributed by atoms with van der Waals surface area (Å²) in [6.07, 6.45) is 2.00. The Kier molecular flexibility index (Phi) is 7.21. The zero-order valence-electron chi connectivity index (χ0n) is 19.2. The summed E-state index contributed by atoms with van der Waals surface area (Å²) in [4.78, 5) is 15.7. The van der Waals surface area contributed by atoms with Gasteiger partial charge in [-0.15, -0.1) is 0 Å². The zero-order chi connectivity index (χ0) is 26.0. The van der Waals surface area contributed by atoms with Gasteiger partial charge in [-0.1, -0.05) is 43.3 Å². The number of aromatic amines is 1. The lowest BCUT2D eigenvalue weighted by Crippen LogP contribution is -2.14. The molecule has 0 fully saturated rings. The largest absolute Gasteiger partial charge is 0.319 e. The number of primary sulfonamides is 1. The van der Waals surface area contributed by atoms with Gasteiger partial charge in [0.25, 0.3) is 11.7 Å². The number of H-pyrrole nitrogens is 1. The fourth-order valence-corrected chi connectivity index (χ4v) is 5.20. The van der Waals surface area contributed by atoms with Crippen molar-refractivity contribution in [1.82, 2.24) is 0 Å². The number of amides is 1. The number of fused-ring (bicyclic) bond motifs is 1. The minimum absolute atomic E-state index is 0.0242. The third-order valence-corrected chi connectivity index (χ3v) is 7.36. The van der Waals surface area contributed by atoms with E-state index in [2.05, 4.69) is 26.2 Å². The maximum absolute atomic E-state index is 15.3. The van der Waals surface area contributed by atoms with Crippen LogP contribution in [0, 0.1) is 0 Å². The molecule has 0 aliphatic heterocycles. The number of rotatable bonds is 6. The van der Waals surface area contributed by atoms with Crippen molar-refractivity contribution >= 4 is 59.7 Å². The van der Waals surface area contributed by atoms with Crippen LogP contribution in [-0.4, -0.2) is 14.3 Å². The third-order valence-electron chi connectivity index (χ3n) is 5.73. The van der Waals surface area contributed by atoms with Gasteiger partial charge in [-0.3, -0.25) is 10.5 Å². The minimum Gasteiger partial charge on any atom is -0.319 e. The van der Waals surface area contributed by atoms with Gasteiger partial charge in [-0.2, -0.15) is 0 Å². The van der Waals surface area contributed by atoms with E-state index in [4.69, 9.17) is 10.9 Å². The number of nitrogens with two attached hydrogens (primary N) is 2. The number of halogens is 2. The molecule has 0 atom stereocenters. The van der Waals surface area contributed by atoms with Gasteiger partial charge in [0, 0.05) is 15.6 Å². The number of nitrogens with one attached hydrogen (secondary N) is 2. The lowest BCUT2D eigenvalue weighted by atomic mass is 9.99. The van der Waals surface area contributed by atoms with Crippen molar-refractivity contribution < 1.29 is 22.6 Å². The van der Waals surface area contributed by atoms with Crippen molar-refractivity contribution in [2.45, 2.75) is 18.2 Å². The van der Waals surface area contributed by atoms with Gasteiger partial charge in [0.15, 0.2) is 5.83 Å². The van der Waals surface area contributed by atoms with Crippen molar-refractivity contribution in [2.24, 2.45) is 5.14 Å². The summed E-state index contributed by atoms with van der Waals surface area (Å²) in [6.45, 7) is 1.76. The first-order valence-corrected chi connectivity index (χ1v) is 13.3. The molecular formula is C26H23BrFN4O3S+. The molecule has 1 amide bonds. The van der Waals surface area contributed by atoms with E-state index in [1.54, 1.807) is 61.7 Å². The Labute approximate surface area is 216 Å². The molecule has 184 valence electrons. The number of anilines is 2. The maximum atomic E-state index is 15.3. The average molecular weight is 570 g/mol. The molecule has 0 aliphatic carbocycles. The van der Waals surface area contributed by atoms with E-state index in [1.165, 1.54) is 6.07 Å². The van der Waals surface area contributed by atoms with Crippen LogP contribution >= 0.6 is 15.9 Å². The Bertz CT molecular complexity index is 1640. The highest BCUT2D eigenvalue weighted by Crippen LogP contribution is 2.33. The Morgan fingerprint density at radius 1 is 1.08 bits per heavy atom. The molecule has 1 heterocycles. The summed E-state index contributed by atoms with van der Waals surface area (Å²) in [5.74, 6) is -1.37. The van der Waals surface area contributed by atoms with Crippen LogP contribution in [-0.2, 0) is 14.8 Å². The Hall–Kier alpha value is -3.60. The molecule has 36 heavy (non-hydrogen) atoms. The molecule has 4 rings (SSSR count). The number of allylic oxidation sites excluding steroid dienone is 1. The SMILES string of the molecule is CCC(=C(F)C(=O)Nc1ccc(-c2ccccc2S(N)(=O)=O)cc1Br)c1ccc2cc[nH+]c(N)c2c1. The van der Waals surface area contributed by atoms with Gasteiger partial charge < -0.3 is 5.32 Å². The summed E-state index contributed by atoms with van der Waals surface area (Å²) in [7, 11) is -3.94. The van der Waals surface area contributed by atoms with Crippen molar-refractivity contribution in [2.75, 3.05) is 11.1 Å². The normalized spacial score (nSPS) is 12.3. The summed E-state index contributed by atoms with van der Waals surface area (Å²) < 4.78 is 39.7. The number of pyridine rings is 1. The van der Waals surface area contributed by atoms with E-state index in [0.717, 1.165) is 10.8 Å². The lowest BCUT2D eigenvalue weighted by Gasteiger charge is -2.13. The highest BCUT2D eigenvalue weighted by atomic mass is 79.9. The molecule has 0 spiro atoms. The molecule has 0 saturated heterocycles. The molecule has 1 aromatic heterocycles. The second-order valence-electron chi connectivity index (χ2n) is 8.03. The number of hydrogen-bond donors (Lipinski definition) is 3. The van der Waals surface area contributed by atoms with Crippen molar-refractivity contribution in [3.05, 3.63) is 88.8 Å². The minimum atomic E-state index is -3.94. The first-order chi connectivity index (χ1) is 17.1. The van der Waals surface area contributed by atoms with Gasteiger partial charge in [0.2, 0.25) is 10.0 Å². The van der Waals surface area contributed by atoms with Gasteiger partial charge in [0.05, 0.1) is 22.2 Å². The molecule has 0 aliphatic rings. The molecule has 0 saturated carbocycles. The molecule has 0 radical (unpaired) electrons. The smallest absolute Gasteiger partial charge is 0.284 e. The lowest BCUT2D eigenvalue weighted by molar-refractivity contribution is -0.358. The van der Waals surface area contributed by atoms with Crippen molar-refractivity contribution in [3.8, 4) is 11.1 Å². The Morgan fingerprint density at radius 3 is 2.53 bits per heavy atom. The van der Waals surface area contributed by atoms with E-state index < -0.39 is 21.8 Å². The summed E-state index contributed by atoms with van der Waals surface area (Å²) in [5.41, 5.74) is 8.10. The topological polar surface area (TPSA) is 129 Å². The highest BCUT2D eigenvalue weighted by molar-refractivity contribution is 9.10. The predicted molar refractivity (Wildman–Crippen MR) is 143 cm³/mol. The molecule has 0 bridgehead atoms. The van der Waals surface area contributed by atoms with E-state index in [0.29, 0.717) is 32.7 Å². The maximum Gasteiger partial charge on any atom is 0.284 e. The average Bonchev–Trinajstić information content (AvgIpc) is 2.85. The van der Waals surface area contributed by atoms with Gasteiger partial charge in [0.1, 0.15) is 0 Å². The second-order valence-corrected chi connectivity index (χ2v) is 10.4. The monoisotopic (exact) mass is 569 g/mol. The molecule has 7 nitrogen and oxygen atoms in total. The van der Waals surface area contributed by atoms with Crippen LogP contribution in [0.4, 0.5) is 15.9 Å². The quantitative estimate of drug-likeness (QED) is 0.281. The van der Waals surface area contributed by atoms with Crippen molar-refractivity contribution in [1.29, 1.82) is 0 Å². The van der Waals surface area contributed by atoms with Crippen molar-refractivity contribution in [3.63, 3.8) is 0 Å². The number of carbonyl (C=O) groups is 1. The number of sulfonamides is 1. The Balaban J connectivity index is 1.65. The highest BCUT2D eigenvalue weighted by Gasteiger charge is 2.19. The summed E-state index contributed by atoms with van der Waals surface area (Å²) >= 11 is 3.38. The molecule has 0 unspecified atom stereocenters. The number of carbonyl (C=O) groups excluding carboxylic acids is 1. The Morgan fingerprint density at radius 2 is 1.83 bits per heavy atom. The van der Waals surface area contributed by atoms with Gasteiger partial charge in [-0.25, -0.2) is 22.9 Å². The fourth-order valence-electron chi connectivity index (χ4n) is 3.96. The van der Waals surface area contributed by atoms with E-state index >= 15 is 4.39 Å². The first kappa shape index (κ1) is 25.5. The third kappa shape index (κ3) is 5.15. The molecule has 3 aromatic carbocycles. The van der Waals surface area contributed by atoms with Gasteiger partial charge in [-0.05, 0) is 69.2 Å². The van der Waals surface area contributed by atoms with Crippen LogP contribution in [0.1, 0.15) is 18.9 Å². The summed E-state index contributed by atoms with van der Waals surface area (Å²) in [5, 5.41) is 9.53. The van der Waals surface area contributed by atoms with Gasteiger partial charge >= 0.3 is 0 Å². The first-order valence-electron chi connectivity index (χ1n) is 10.9. The number of hydrogen-bond acceptors (Lipinski definition) is 4. The van der Waals surface area contributed by atoms with E-state index in [-0.39, 0.29) is 16.9 Å². The van der Waals surface area contributed by atoms with Crippen LogP contribution < -0.4 is 21.2 Å². The zero-order valence-corrected chi connectivity index (χ0v) is 21.6. The van der Waals surface area contributed by atoms with Crippen LogP contribution in [0.15, 0.2) is 88.1 Å². The molecule has 10 heteroatoms. The second kappa shape index (κ2) is 10.2. The van der Waals surface area contributed by atoms with Crippen LogP contribution in [0.25, 0.3) is 27.5 Å². The fraction of sp³-hybridized carbons (Fsp3) is 0.0769. The molecule has 6 N–H and O–H groups in total. The number of aromatic nitrogens is 1. The van der Waals surface area contributed by atoms with E-state index in [1.807, 2.05) is 12.1 Å². The van der Waals surface area contributed by atoms with E-state index in [9.17, 15) is 13.2 Å². The number of benzene rings is 3. The molecule has 4 aromatic rings. The van der Waals surface area contributed by atoms with Crippen LogP contribution in [0.3, 0.4) is 0 Å². The van der Waals surface area contributed by atoms with Crippen LogP contribution in [0.2, 0.25) is 0 Å². The summed E-state index contributed by atoms with van der Waals surface area (Å²) in [6, 6.07) is 18.3. The molecular weight excluding hydrogens is 547 g/mol.